The van der Waals surface area contributed by atoms with Gasteiger partial charge in [-0.25, -0.2) is 26.4 Å². The molecule has 0 N–H and O–H groups in total. The van der Waals surface area contributed by atoms with Crippen molar-refractivity contribution in [2.45, 2.75) is 180 Å². The Labute approximate surface area is 534 Å². The van der Waals surface area contributed by atoms with E-state index in [-0.39, 0.29) is 149 Å². The zero-order valence-corrected chi connectivity index (χ0v) is 57.4. The molecular weight excluding hydrogens is 1200 g/mol. The van der Waals surface area contributed by atoms with Gasteiger partial charge >= 0.3 is 23.9 Å². The second kappa shape index (κ2) is 33.0. The van der Waals surface area contributed by atoms with Crippen molar-refractivity contribution in [3.8, 4) is 0 Å². The molecule has 90 heavy (non-hydrogen) atoms. The molecule has 5 rings (SSSR count). The molecule has 8 unspecified atom stereocenters. The highest BCUT2D eigenvalue weighted by atomic mass is 32.2. The number of likely N-dealkylation sites (N-methyl/N-ethyl adjacent to an activating group) is 4. The summed E-state index contributed by atoms with van der Waals surface area (Å²) in [6, 6.07) is 7.40. The average Bonchev–Trinajstić information content (AvgIpc) is 0.980. The van der Waals surface area contributed by atoms with Crippen LogP contribution in [0.25, 0.3) is 0 Å². The number of rotatable bonds is 16. The van der Waals surface area contributed by atoms with E-state index < -0.39 is 104 Å². The quantitative estimate of drug-likeness (QED) is 0.167. The number of benzene rings is 2. The van der Waals surface area contributed by atoms with Crippen LogP contribution in [-0.4, -0.2) is 245 Å². The van der Waals surface area contributed by atoms with Crippen molar-refractivity contribution < 1.29 is 74.1 Å². The summed E-state index contributed by atoms with van der Waals surface area (Å²) in [7, 11) is -1.78. The van der Waals surface area contributed by atoms with Crippen molar-refractivity contribution in [2.24, 2.45) is 23.7 Å². The number of nitrogens with zero attached hydrogens (tertiary/aromatic N) is 8. The molecule has 3 heterocycles. The SMILES string of the molecule is CC(=O)N1CCN(S(=O)(=O)c2ccc(CC3OC(=O)C(CC(C)C)N(C)CC(C)OC(=O)C(CC(C)C)N(C)C(=O)C(Cc4ccc(S(=O)(=O)N5CCN(C(C)=O)CC5)cc4)OC(=O)C(CC(C)C)N(C)CC(C)OC(=O)C(CC(C)C)N(C)C3=O)cc2)CC1. The van der Waals surface area contributed by atoms with Gasteiger partial charge in [0.2, 0.25) is 31.9 Å². The molecule has 3 fully saturated rings. The van der Waals surface area contributed by atoms with E-state index in [0.29, 0.717) is 11.1 Å². The molecule has 3 aliphatic rings. The van der Waals surface area contributed by atoms with E-state index in [1.54, 1.807) is 47.5 Å². The topological polar surface area (TPSA) is 268 Å². The minimum Gasteiger partial charge on any atom is -0.460 e. The minimum absolute atomic E-state index is 0.00933. The lowest BCUT2D eigenvalue weighted by molar-refractivity contribution is -0.171. The van der Waals surface area contributed by atoms with E-state index in [0.717, 1.165) is 0 Å². The molecule has 0 aliphatic carbocycles. The van der Waals surface area contributed by atoms with E-state index >= 15 is 9.59 Å². The summed E-state index contributed by atoms with van der Waals surface area (Å²) in [6.45, 7) is 22.7. The zero-order chi connectivity index (χ0) is 67.3. The molecule has 24 nitrogen and oxygen atoms in total. The summed E-state index contributed by atoms with van der Waals surface area (Å²) < 4.78 is 82.7. The predicted molar refractivity (Wildman–Crippen MR) is 337 cm³/mol. The summed E-state index contributed by atoms with van der Waals surface area (Å²) in [5.41, 5.74) is 0.885. The van der Waals surface area contributed by atoms with Gasteiger partial charge in [-0.05, 0) is 113 Å². The molecule has 8 atom stereocenters. The van der Waals surface area contributed by atoms with Crippen LogP contribution >= 0.6 is 0 Å². The maximum absolute atomic E-state index is 15.1. The Kier molecular flexibility index (Phi) is 27.4. The van der Waals surface area contributed by atoms with Gasteiger partial charge in [0.05, 0.1) is 9.79 Å². The largest absolute Gasteiger partial charge is 0.460 e. The highest BCUT2D eigenvalue weighted by Gasteiger charge is 2.42. The average molecular weight is 1300 g/mol. The number of esters is 4. The van der Waals surface area contributed by atoms with E-state index in [1.165, 1.54) is 94.9 Å². The van der Waals surface area contributed by atoms with Crippen LogP contribution in [0.1, 0.15) is 120 Å². The lowest BCUT2D eigenvalue weighted by Gasteiger charge is -2.35. The Morgan fingerprint density at radius 1 is 0.433 bits per heavy atom. The monoisotopic (exact) mass is 1300 g/mol. The lowest BCUT2D eigenvalue weighted by Crippen LogP contribution is -2.53. The van der Waals surface area contributed by atoms with Gasteiger partial charge in [-0.15, -0.1) is 0 Å². The number of hydrogen-bond donors (Lipinski definition) is 0. The van der Waals surface area contributed by atoms with Crippen LogP contribution in [0.4, 0.5) is 0 Å². The number of hydrogen-bond acceptors (Lipinski definition) is 18. The predicted octanol–water partition coefficient (Wildman–Crippen LogP) is 4.32. The van der Waals surface area contributed by atoms with Crippen molar-refractivity contribution in [3.05, 3.63) is 59.7 Å². The number of amides is 4. The van der Waals surface area contributed by atoms with Gasteiger partial charge in [0, 0.05) is 106 Å². The Balaban J connectivity index is 1.54. The number of carbonyl (C=O) groups excluding carboxylic acids is 8. The highest BCUT2D eigenvalue weighted by Crippen LogP contribution is 2.27. The van der Waals surface area contributed by atoms with Gasteiger partial charge in [-0.1, -0.05) is 79.7 Å². The zero-order valence-electron chi connectivity index (χ0n) is 55.8. The van der Waals surface area contributed by atoms with Crippen molar-refractivity contribution in [2.75, 3.05) is 93.6 Å². The van der Waals surface area contributed by atoms with Gasteiger partial charge in [0.15, 0.2) is 12.2 Å². The van der Waals surface area contributed by atoms with Crippen molar-refractivity contribution in [1.82, 2.24) is 38.0 Å². The molecule has 0 spiro atoms. The fourth-order valence-electron chi connectivity index (χ4n) is 11.6. The Morgan fingerprint density at radius 2 is 0.700 bits per heavy atom. The lowest BCUT2D eigenvalue weighted by atomic mass is 10.00. The first-order valence-corrected chi connectivity index (χ1v) is 34.3. The summed E-state index contributed by atoms with van der Waals surface area (Å²) in [5.74, 6) is -5.35. The van der Waals surface area contributed by atoms with E-state index in [1.807, 2.05) is 55.4 Å². The van der Waals surface area contributed by atoms with Crippen LogP contribution in [0.15, 0.2) is 58.3 Å². The highest BCUT2D eigenvalue weighted by molar-refractivity contribution is 7.89. The number of ether oxygens (including phenoxy) is 4. The van der Waals surface area contributed by atoms with Gasteiger partial charge in [-0.2, -0.15) is 8.61 Å². The molecule has 0 saturated carbocycles. The second-order valence-corrected chi connectivity index (χ2v) is 30.1. The van der Waals surface area contributed by atoms with Gasteiger partial charge in [0.25, 0.3) is 11.8 Å². The van der Waals surface area contributed by atoms with Gasteiger partial charge < -0.3 is 38.5 Å². The molecule has 4 amide bonds. The first-order chi connectivity index (χ1) is 42.0. The molecule has 2 aromatic rings. The van der Waals surface area contributed by atoms with Gasteiger partial charge in [0.1, 0.15) is 36.4 Å². The third-order valence-corrected chi connectivity index (χ3v) is 20.5. The van der Waals surface area contributed by atoms with Crippen LogP contribution in [0.3, 0.4) is 0 Å². The van der Waals surface area contributed by atoms with Crippen LogP contribution < -0.4 is 0 Å². The third kappa shape index (κ3) is 20.5. The molecule has 3 saturated heterocycles. The first-order valence-electron chi connectivity index (χ1n) is 31.5. The normalized spacial score (nSPS) is 25.2. The first kappa shape index (κ1) is 74.7. The Bertz CT molecular complexity index is 2820. The fraction of sp³-hybridized carbons (Fsp3) is 0.688. The Morgan fingerprint density at radius 3 is 0.967 bits per heavy atom. The Hall–Kier alpha value is -6.06. The van der Waals surface area contributed by atoms with Crippen molar-refractivity contribution >= 4 is 67.6 Å². The number of carbonyl (C=O) groups is 8. The fourth-order valence-corrected chi connectivity index (χ4v) is 14.4. The summed E-state index contributed by atoms with van der Waals surface area (Å²) in [5, 5.41) is 0. The van der Waals surface area contributed by atoms with E-state index in [9.17, 15) is 45.6 Å². The van der Waals surface area contributed by atoms with Crippen LogP contribution in [0.5, 0.6) is 0 Å². The van der Waals surface area contributed by atoms with E-state index in [4.69, 9.17) is 18.9 Å². The number of cyclic esters (lactones) is 4. The van der Waals surface area contributed by atoms with Crippen LogP contribution in [0, 0.1) is 23.7 Å². The maximum atomic E-state index is 15.1. The summed E-state index contributed by atoms with van der Waals surface area (Å²) >= 11 is 0. The van der Waals surface area contributed by atoms with Crippen molar-refractivity contribution in [1.29, 1.82) is 0 Å². The smallest absolute Gasteiger partial charge is 0.329 e. The third-order valence-electron chi connectivity index (χ3n) is 16.7. The molecule has 0 radical (unpaired) electrons. The second-order valence-electron chi connectivity index (χ2n) is 26.2. The maximum Gasteiger partial charge on any atom is 0.329 e. The standard InChI is InChI=1S/C64H100N8O16S2/c1-41(2)33-53-61(77)87-57(37-49-17-21-51(22-18-49)89(81,82)71-29-25-69(26-30-71)47(11)73)59(75)67(15)56(36-44(7)8)64(80)86-46(10)40-66(14)54(34-42(3)4)62(78)88-58(60(76)68(16)55(35-43(5)6)63(79)85-45(9)39-65(53)13)38-50-19-23-52(24-20-50)90(83,84)72-31-27-70(28-32-72)48(12)74/h17-24,41-46,53-58H,25-40H2,1-16H3. The summed E-state index contributed by atoms with van der Waals surface area (Å²) in [4.78, 5) is 122. The minimum atomic E-state index is -3.98. The molecule has 3 aliphatic heterocycles. The molecule has 2 aromatic carbocycles. The summed E-state index contributed by atoms with van der Waals surface area (Å²) in [6.07, 6.45) is -4.59. The molecule has 504 valence electrons. The van der Waals surface area contributed by atoms with E-state index in [2.05, 4.69) is 0 Å². The number of sulfonamides is 2. The molecule has 0 bridgehead atoms. The molecular formula is C64H100N8O16S2. The van der Waals surface area contributed by atoms with Crippen LogP contribution in [-0.2, 0) is 90.2 Å². The molecule has 0 aromatic heterocycles. The van der Waals surface area contributed by atoms with Crippen LogP contribution in [0.2, 0.25) is 0 Å². The molecule has 26 heteroatoms. The van der Waals surface area contributed by atoms with Crippen molar-refractivity contribution in [3.63, 3.8) is 0 Å². The number of piperazine rings is 2. The van der Waals surface area contributed by atoms with Gasteiger partial charge in [-0.3, -0.25) is 38.6 Å².